The summed E-state index contributed by atoms with van der Waals surface area (Å²) in [5.41, 5.74) is 6.00. The van der Waals surface area contributed by atoms with Gasteiger partial charge in [-0.25, -0.2) is 9.59 Å². The predicted molar refractivity (Wildman–Crippen MR) is 134 cm³/mol. The molecule has 1 aliphatic heterocycles. The summed E-state index contributed by atoms with van der Waals surface area (Å²) >= 11 is 6.16. The largest absolute Gasteiger partial charge is 0.465 e. The number of hydrogen-bond donors (Lipinski definition) is 2. The average molecular weight is 474 g/mol. The summed E-state index contributed by atoms with van der Waals surface area (Å²) in [7, 11) is 1.30. The number of benzene rings is 3. The Kier molecular flexibility index (Phi) is 5.75. The fourth-order valence-corrected chi connectivity index (χ4v) is 4.82. The number of H-pyrrole nitrogens is 1. The quantitative estimate of drug-likeness (QED) is 0.353. The number of halogens is 1. The molecule has 1 aliphatic rings. The number of nitrogens with zero attached hydrogens (tertiary/aromatic N) is 1. The highest BCUT2D eigenvalue weighted by atomic mass is 35.5. The number of hydrogen-bond acceptors (Lipinski definition) is 3. The molecule has 172 valence electrons. The van der Waals surface area contributed by atoms with Crippen LogP contribution in [0.15, 0.2) is 66.7 Å². The molecule has 1 aromatic heterocycles. The van der Waals surface area contributed by atoms with Crippen LogP contribution in [-0.4, -0.2) is 35.5 Å². The van der Waals surface area contributed by atoms with E-state index in [0.717, 1.165) is 22.3 Å². The van der Waals surface area contributed by atoms with E-state index in [1.807, 2.05) is 19.1 Å². The average Bonchev–Trinajstić information content (AvgIpc) is 3.22. The lowest BCUT2D eigenvalue weighted by Gasteiger charge is -2.36. The number of methoxy groups -OCH3 is 1. The number of nitrogens with one attached hydrogen (secondary N) is 2. The molecule has 6 nitrogen and oxygen atoms in total. The van der Waals surface area contributed by atoms with E-state index < -0.39 is 5.97 Å². The number of anilines is 1. The molecule has 2 heterocycles. The minimum atomic E-state index is -0.543. The second kappa shape index (κ2) is 8.88. The summed E-state index contributed by atoms with van der Waals surface area (Å²) in [6, 6.07) is 20.5. The Morgan fingerprint density at radius 2 is 1.85 bits per heavy atom. The maximum absolute atomic E-state index is 13.6. The minimum Gasteiger partial charge on any atom is -0.465 e. The Bertz CT molecular complexity index is 1390. The molecule has 0 aliphatic carbocycles. The molecule has 4 aromatic rings. The first-order valence-corrected chi connectivity index (χ1v) is 11.5. The monoisotopic (exact) mass is 473 g/mol. The zero-order valence-corrected chi connectivity index (χ0v) is 19.6. The van der Waals surface area contributed by atoms with Crippen molar-refractivity contribution < 1.29 is 14.3 Å². The molecule has 5 rings (SSSR count). The number of carbonyl (C=O) groups is 2. The lowest BCUT2D eigenvalue weighted by molar-refractivity contribution is 0.0602. The highest BCUT2D eigenvalue weighted by Gasteiger charge is 2.35. The van der Waals surface area contributed by atoms with Crippen LogP contribution in [0.25, 0.3) is 10.9 Å². The number of carbonyl (C=O) groups excluding carboxylic acids is 2. The number of amides is 2. The lowest BCUT2D eigenvalue weighted by Crippen LogP contribution is -2.43. The Morgan fingerprint density at radius 1 is 1.09 bits per heavy atom. The van der Waals surface area contributed by atoms with Crippen LogP contribution in [0, 0.1) is 6.92 Å². The van der Waals surface area contributed by atoms with E-state index in [2.05, 4.69) is 46.7 Å². The van der Waals surface area contributed by atoms with Crippen LogP contribution in [0.5, 0.6) is 0 Å². The molecule has 0 unspecified atom stereocenters. The summed E-state index contributed by atoms with van der Waals surface area (Å²) in [6.45, 7) is 2.56. The third-order valence-electron chi connectivity index (χ3n) is 6.32. The molecular weight excluding hydrogens is 450 g/mol. The molecule has 1 atom stereocenters. The second-order valence-electron chi connectivity index (χ2n) is 8.43. The van der Waals surface area contributed by atoms with Crippen LogP contribution in [-0.2, 0) is 11.2 Å². The van der Waals surface area contributed by atoms with Crippen molar-refractivity contribution >= 4 is 40.2 Å². The van der Waals surface area contributed by atoms with Gasteiger partial charge in [0.05, 0.1) is 24.4 Å². The number of para-hydroxylation sites is 1. The maximum atomic E-state index is 13.6. The van der Waals surface area contributed by atoms with E-state index in [0.29, 0.717) is 23.7 Å². The molecule has 0 radical (unpaired) electrons. The van der Waals surface area contributed by atoms with Gasteiger partial charge >= 0.3 is 12.0 Å². The fraction of sp³-hybridized carbons (Fsp3) is 0.185. The van der Waals surface area contributed by atoms with Crippen LogP contribution < -0.4 is 5.32 Å². The van der Waals surface area contributed by atoms with Crippen LogP contribution in [0.3, 0.4) is 0 Å². The summed E-state index contributed by atoms with van der Waals surface area (Å²) in [6.07, 6.45) is 0.717. The normalized spacial score (nSPS) is 15.1. The van der Waals surface area contributed by atoms with Gasteiger partial charge in [0.15, 0.2) is 0 Å². The Labute approximate surface area is 202 Å². The van der Waals surface area contributed by atoms with Crippen molar-refractivity contribution in [2.75, 3.05) is 19.0 Å². The van der Waals surface area contributed by atoms with E-state index in [1.165, 1.54) is 18.1 Å². The van der Waals surface area contributed by atoms with Crippen molar-refractivity contribution in [3.8, 4) is 0 Å². The molecular formula is C27H24ClN3O3. The summed E-state index contributed by atoms with van der Waals surface area (Å²) in [4.78, 5) is 31.2. The molecule has 0 saturated carbocycles. The van der Waals surface area contributed by atoms with E-state index in [9.17, 15) is 9.59 Å². The third-order valence-corrected chi connectivity index (χ3v) is 6.55. The van der Waals surface area contributed by atoms with Crippen molar-refractivity contribution in [2.45, 2.75) is 19.4 Å². The molecule has 0 spiro atoms. The van der Waals surface area contributed by atoms with Gasteiger partial charge in [-0.2, -0.15) is 0 Å². The number of esters is 1. The number of fused-ring (bicyclic) bond motifs is 3. The minimum absolute atomic E-state index is 0.246. The van der Waals surface area contributed by atoms with Gasteiger partial charge < -0.3 is 19.9 Å². The first-order valence-electron chi connectivity index (χ1n) is 11.1. The van der Waals surface area contributed by atoms with E-state index >= 15 is 0 Å². The maximum Gasteiger partial charge on any atom is 0.339 e. The highest BCUT2D eigenvalue weighted by Crippen LogP contribution is 2.39. The van der Waals surface area contributed by atoms with E-state index in [1.54, 1.807) is 23.1 Å². The lowest BCUT2D eigenvalue weighted by atomic mass is 9.92. The number of rotatable bonds is 3. The van der Waals surface area contributed by atoms with Crippen molar-refractivity contribution in [3.63, 3.8) is 0 Å². The number of aromatic amines is 1. The van der Waals surface area contributed by atoms with Gasteiger partial charge in [0.2, 0.25) is 0 Å². The summed E-state index contributed by atoms with van der Waals surface area (Å²) in [5, 5.41) is 4.49. The molecule has 7 heteroatoms. The predicted octanol–water partition coefficient (Wildman–Crippen LogP) is 6.10. The van der Waals surface area contributed by atoms with Gasteiger partial charge in [0.1, 0.15) is 0 Å². The number of urea groups is 1. The smallest absolute Gasteiger partial charge is 0.339 e. The SMILES string of the molecule is COC(=O)c1ccc(Cl)cc1NC(=O)N1CCc2c([nH]c3ccccc23)[C@H]1c1ccc(C)cc1. The molecule has 0 fully saturated rings. The molecule has 3 aromatic carbocycles. The van der Waals surface area contributed by atoms with Crippen LogP contribution in [0.1, 0.15) is 38.8 Å². The Morgan fingerprint density at radius 3 is 2.62 bits per heavy atom. The number of ether oxygens (including phenoxy) is 1. The van der Waals surface area contributed by atoms with Gasteiger partial charge in [0, 0.05) is 28.2 Å². The van der Waals surface area contributed by atoms with Crippen LogP contribution >= 0.6 is 11.6 Å². The van der Waals surface area contributed by atoms with Crippen molar-refractivity contribution in [1.82, 2.24) is 9.88 Å². The van der Waals surface area contributed by atoms with Gasteiger partial charge in [0.25, 0.3) is 0 Å². The van der Waals surface area contributed by atoms with Gasteiger partial charge in [-0.1, -0.05) is 59.6 Å². The van der Waals surface area contributed by atoms with Crippen LogP contribution in [0.4, 0.5) is 10.5 Å². The zero-order chi connectivity index (χ0) is 23.8. The Balaban J connectivity index is 1.57. The van der Waals surface area contributed by atoms with Gasteiger partial charge in [-0.05, 0) is 48.7 Å². The summed E-state index contributed by atoms with van der Waals surface area (Å²) < 4.78 is 4.87. The topological polar surface area (TPSA) is 74.4 Å². The third kappa shape index (κ3) is 3.90. The molecule has 2 N–H and O–H groups in total. The fourth-order valence-electron chi connectivity index (χ4n) is 4.65. The Hall–Kier alpha value is -3.77. The summed E-state index contributed by atoms with van der Waals surface area (Å²) in [5.74, 6) is -0.543. The second-order valence-corrected chi connectivity index (χ2v) is 8.87. The van der Waals surface area contributed by atoms with Crippen molar-refractivity contribution in [3.05, 3.63) is 99.7 Å². The standard InChI is InChI=1S/C27H24ClN3O3/c1-16-7-9-17(10-8-16)25-24-20(19-5-3-4-6-22(19)29-24)13-14-31(25)27(33)30-23-15-18(28)11-12-21(23)26(32)34-2/h3-12,15,25,29H,13-14H2,1-2H3,(H,30,33)/t25-/m1/s1. The van der Waals surface area contributed by atoms with E-state index in [-0.39, 0.29) is 17.6 Å². The van der Waals surface area contributed by atoms with E-state index in [4.69, 9.17) is 16.3 Å². The molecule has 34 heavy (non-hydrogen) atoms. The first kappa shape index (κ1) is 22.0. The van der Waals surface area contributed by atoms with Gasteiger partial charge in [-0.3, -0.25) is 0 Å². The van der Waals surface area contributed by atoms with Crippen LogP contribution in [0.2, 0.25) is 5.02 Å². The molecule has 0 saturated heterocycles. The number of aryl methyl sites for hydroxylation is 1. The molecule has 2 amide bonds. The van der Waals surface area contributed by atoms with Gasteiger partial charge in [-0.15, -0.1) is 0 Å². The first-order chi connectivity index (χ1) is 16.5. The zero-order valence-electron chi connectivity index (χ0n) is 18.9. The van der Waals surface area contributed by atoms with Crippen molar-refractivity contribution in [2.24, 2.45) is 0 Å². The highest BCUT2D eigenvalue weighted by molar-refractivity contribution is 6.31. The number of aromatic nitrogens is 1. The molecule has 0 bridgehead atoms. The van der Waals surface area contributed by atoms with Crippen molar-refractivity contribution in [1.29, 1.82) is 0 Å².